The zero-order valence-corrected chi connectivity index (χ0v) is 14.1. The van der Waals surface area contributed by atoms with Gasteiger partial charge in [-0.3, -0.25) is 0 Å². The molecule has 0 atom stereocenters. The number of anilines is 1. The molecule has 0 amide bonds. The summed E-state index contributed by atoms with van der Waals surface area (Å²) in [6.45, 7) is -1.01. The van der Waals surface area contributed by atoms with Crippen LogP contribution in [0.25, 0.3) is 0 Å². The zero-order chi connectivity index (χ0) is 15.3. The van der Waals surface area contributed by atoms with Crippen molar-refractivity contribution in [3.63, 3.8) is 0 Å². The van der Waals surface area contributed by atoms with E-state index in [1.54, 1.807) is 0 Å². The van der Waals surface area contributed by atoms with Gasteiger partial charge in [0.2, 0.25) is 10.0 Å². The van der Waals surface area contributed by atoms with E-state index in [1.165, 1.54) is 12.1 Å². The average Bonchev–Trinajstić information content (AvgIpc) is 2.25. The van der Waals surface area contributed by atoms with Gasteiger partial charge in [-0.1, -0.05) is 15.9 Å². The lowest BCUT2D eigenvalue weighted by Gasteiger charge is -2.11. The van der Waals surface area contributed by atoms with Crippen LogP contribution in [0.2, 0.25) is 0 Å². The minimum Gasteiger partial charge on any atom is -0.398 e. The van der Waals surface area contributed by atoms with Crippen LogP contribution in [0.1, 0.15) is 0 Å². The molecule has 20 heavy (non-hydrogen) atoms. The number of halogens is 4. The van der Waals surface area contributed by atoms with Gasteiger partial charge in [0.15, 0.2) is 0 Å². The quantitative estimate of drug-likeness (QED) is 0.506. The number of alkyl halides is 2. The molecule has 1 rings (SSSR count). The van der Waals surface area contributed by atoms with Crippen LogP contribution < -0.4 is 10.5 Å². The van der Waals surface area contributed by atoms with Crippen molar-refractivity contribution in [2.24, 2.45) is 0 Å². The van der Waals surface area contributed by atoms with Crippen molar-refractivity contribution < 1.29 is 21.9 Å². The van der Waals surface area contributed by atoms with Crippen molar-refractivity contribution in [3.05, 3.63) is 21.1 Å². The van der Waals surface area contributed by atoms with Gasteiger partial charge in [0.1, 0.15) is 11.5 Å². The maximum atomic E-state index is 12.0. The first-order valence-corrected chi connectivity index (χ1v) is 8.41. The lowest BCUT2D eigenvalue weighted by Crippen LogP contribution is -2.29. The molecule has 0 unspecified atom stereocenters. The van der Waals surface area contributed by atoms with E-state index in [2.05, 4.69) is 41.3 Å². The first-order chi connectivity index (χ1) is 9.24. The molecule has 0 radical (unpaired) electrons. The van der Waals surface area contributed by atoms with Crippen LogP contribution in [0.5, 0.6) is 0 Å². The van der Waals surface area contributed by atoms with Gasteiger partial charge in [-0.2, -0.15) is 0 Å². The Bertz CT molecular complexity index is 547. The van der Waals surface area contributed by atoms with Crippen LogP contribution in [0.15, 0.2) is 26.0 Å². The Morgan fingerprint density at radius 2 is 2.00 bits per heavy atom. The third kappa shape index (κ3) is 5.24. The Morgan fingerprint density at radius 1 is 1.35 bits per heavy atom. The van der Waals surface area contributed by atoms with Gasteiger partial charge in [-0.05, 0) is 28.1 Å². The fourth-order valence-electron chi connectivity index (χ4n) is 1.36. The smallest absolute Gasteiger partial charge is 0.261 e. The zero-order valence-electron chi connectivity index (χ0n) is 10.1. The van der Waals surface area contributed by atoms with Crippen LogP contribution in [0.4, 0.5) is 14.5 Å². The molecule has 0 spiro atoms. The van der Waals surface area contributed by atoms with E-state index in [-0.39, 0.29) is 23.7 Å². The predicted molar refractivity (Wildman–Crippen MR) is 78.3 cm³/mol. The lowest BCUT2D eigenvalue weighted by atomic mass is 10.3. The second-order valence-electron chi connectivity index (χ2n) is 3.67. The molecule has 114 valence electrons. The number of ether oxygens (including phenoxy) is 1. The number of nitrogens with two attached hydrogens (primary N) is 1. The molecule has 0 aliphatic carbocycles. The summed E-state index contributed by atoms with van der Waals surface area (Å²) in [4.78, 5) is -0.102. The summed E-state index contributed by atoms with van der Waals surface area (Å²) in [6, 6.07) is 2.99. The second-order valence-corrected chi connectivity index (χ2v) is 7.14. The molecule has 0 saturated heterocycles. The molecule has 0 aliphatic heterocycles. The van der Waals surface area contributed by atoms with Gasteiger partial charge in [0, 0.05) is 15.5 Å². The Labute approximate surface area is 132 Å². The van der Waals surface area contributed by atoms with Gasteiger partial charge >= 0.3 is 0 Å². The van der Waals surface area contributed by atoms with E-state index in [4.69, 9.17) is 5.73 Å². The van der Waals surface area contributed by atoms with E-state index in [0.717, 1.165) is 0 Å². The van der Waals surface area contributed by atoms with Crippen LogP contribution >= 0.6 is 31.9 Å². The highest BCUT2D eigenvalue weighted by atomic mass is 79.9. The predicted octanol–water partition coefficient (Wildman–Crippen LogP) is 2.35. The largest absolute Gasteiger partial charge is 0.398 e. The second kappa shape index (κ2) is 7.64. The third-order valence-electron chi connectivity index (χ3n) is 2.09. The van der Waals surface area contributed by atoms with Gasteiger partial charge in [0.05, 0.1) is 12.3 Å². The molecule has 0 heterocycles. The van der Waals surface area contributed by atoms with Crippen LogP contribution in [-0.2, 0) is 14.8 Å². The molecule has 5 nitrogen and oxygen atoms in total. The van der Waals surface area contributed by atoms with E-state index in [9.17, 15) is 17.2 Å². The molecular formula is C10H12Br2F2N2O3S. The lowest BCUT2D eigenvalue weighted by molar-refractivity contribution is 0.0199. The van der Waals surface area contributed by atoms with Gasteiger partial charge in [-0.25, -0.2) is 21.9 Å². The van der Waals surface area contributed by atoms with Crippen LogP contribution in [0, 0.1) is 0 Å². The third-order valence-corrected chi connectivity index (χ3v) is 5.01. The maximum Gasteiger partial charge on any atom is 0.261 e. The summed E-state index contributed by atoms with van der Waals surface area (Å²) in [7, 11) is -3.85. The number of hydrogen-bond acceptors (Lipinski definition) is 4. The van der Waals surface area contributed by atoms with Gasteiger partial charge in [-0.15, -0.1) is 0 Å². The van der Waals surface area contributed by atoms with Crippen molar-refractivity contribution in [1.29, 1.82) is 0 Å². The topological polar surface area (TPSA) is 81.4 Å². The fourth-order valence-corrected chi connectivity index (χ4v) is 4.44. The molecule has 0 aromatic heterocycles. The molecule has 0 fully saturated rings. The highest BCUT2D eigenvalue weighted by Crippen LogP contribution is 2.31. The first-order valence-electron chi connectivity index (χ1n) is 5.34. The first kappa shape index (κ1) is 17.8. The summed E-state index contributed by atoms with van der Waals surface area (Å²) in [5.41, 5.74) is 5.73. The molecule has 3 N–H and O–H groups in total. The average molecular weight is 438 g/mol. The highest BCUT2D eigenvalue weighted by Gasteiger charge is 2.21. The summed E-state index contributed by atoms with van der Waals surface area (Å²) in [6.07, 6.45) is -2.58. The Kier molecular flexibility index (Phi) is 6.79. The van der Waals surface area contributed by atoms with Crippen molar-refractivity contribution >= 4 is 47.6 Å². The van der Waals surface area contributed by atoms with Crippen molar-refractivity contribution in [2.75, 3.05) is 25.5 Å². The van der Waals surface area contributed by atoms with Crippen LogP contribution in [-0.4, -0.2) is 34.6 Å². The number of nitrogens with one attached hydrogen (secondary N) is 1. The summed E-state index contributed by atoms with van der Waals surface area (Å²) < 4.78 is 55.4. The highest BCUT2D eigenvalue weighted by molar-refractivity contribution is 9.11. The fraction of sp³-hybridized carbons (Fsp3) is 0.400. The molecule has 0 saturated carbocycles. The van der Waals surface area contributed by atoms with Gasteiger partial charge < -0.3 is 10.5 Å². The Balaban J connectivity index is 2.70. The van der Waals surface area contributed by atoms with E-state index in [1.807, 2.05) is 0 Å². The normalized spacial score (nSPS) is 12.1. The summed E-state index contributed by atoms with van der Waals surface area (Å²) in [5, 5.41) is 0. The number of rotatable bonds is 7. The Hall–Kier alpha value is -0.290. The van der Waals surface area contributed by atoms with E-state index >= 15 is 0 Å². The molecular weight excluding hydrogens is 426 g/mol. The van der Waals surface area contributed by atoms with Crippen molar-refractivity contribution in [1.82, 2.24) is 4.72 Å². The van der Waals surface area contributed by atoms with E-state index in [0.29, 0.717) is 8.95 Å². The maximum absolute atomic E-state index is 12.0. The van der Waals surface area contributed by atoms with Crippen molar-refractivity contribution in [2.45, 2.75) is 11.3 Å². The standard InChI is InChI=1S/C10H12Br2F2N2O3S/c11-6-3-7(12)10(8(15)4-6)20(17,18)16-1-2-19-5-9(13)14/h3-4,9,16H,1-2,5,15H2. The van der Waals surface area contributed by atoms with Crippen LogP contribution in [0.3, 0.4) is 0 Å². The van der Waals surface area contributed by atoms with E-state index < -0.39 is 23.1 Å². The number of sulfonamides is 1. The number of benzene rings is 1. The Morgan fingerprint density at radius 3 is 2.55 bits per heavy atom. The number of nitrogen functional groups attached to an aromatic ring is 1. The molecule has 0 bridgehead atoms. The SMILES string of the molecule is Nc1cc(Br)cc(Br)c1S(=O)(=O)NCCOCC(F)F. The van der Waals surface area contributed by atoms with Crippen molar-refractivity contribution in [3.8, 4) is 0 Å². The molecule has 0 aliphatic rings. The molecule has 10 heteroatoms. The molecule has 1 aromatic rings. The minimum absolute atomic E-state index is 0.0623. The number of hydrogen-bond donors (Lipinski definition) is 2. The summed E-state index contributed by atoms with van der Waals surface area (Å²) >= 11 is 6.30. The summed E-state index contributed by atoms with van der Waals surface area (Å²) in [5.74, 6) is 0. The molecule has 1 aromatic carbocycles. The van der Waals surface area contributed by atoms with Gasteiger partial charge in [0.25, 0.3) is 6.43 Å². The monoisotopic (exact) mass is 436 g/mol. The minimum atomic E-state index is -3.85.